The minimum Gasteiger partial charge on any atom is -0.492 e. The van der Waals surface area contributed by atoms with Gasteiger partial charge in [0.1, 0.15) is 18.3 Å². The van der Waals surface area contributed by atoms with Crippen LogP contribution in [0.1, 0.15) is 57.9 Å². The van der Waals surface area contributed by atoms with Crippen molar-refractivity contribution in [3.05, 3.63) is 88.4 Å². The van der Waals surface area contributed by atoms with Crippen LogP contribution in [0.2, 0.25) is 10.0 Å². The lowest BCUT2D eigenvalue weighted by Crippen LogP contribution is -2.54. The van der Waals surface area contributed by atoms with Crippen LogP contribution in [0.3, 0.4) is 0 Å². The molecule has 2 amide bonds. The first-order valence-electron chi connectivity index (χ1n) is 15.0. The van der Waals surface area contributed by atoms with E-state index in [2.05, 4.69) is 5.32 Å². The zero-order valence-corrected chi connectivity index (χ0v) is 27.4. The van der Waals surface area contributed by atoms with Gasteiger partial charge >= 0.3 is 0 Å². The first-order chi connectivity index (χ1) is 21.1. The molecule has 0 bridgehead atoms. The molecule has 1 atom stereocenters. The molecule has 0 radical (unpaired) electrons. The van der Waals surface area contributed by atoms with Crippen molar-refractivity contribution >= 4 is 50.7 Å². The van der Waals surface area contributed by atoms with Crippen LogP contribution in [0.25, 0.3) is 0 Å². The number of rotatable bonds is 13. The Kier molecular flexibility index (Phi) is 11.9. The third-order valence-electron chi connectivity index (χ3n) is 7.72. The maximum absolute atomic E-state index is 14.4. The predicted octanol–water partition coefficient (Wildman–Crippen LogP) is 6.84. The average Bonchev–Trinajstić information content (AvgIpc) is 3.03. The van der Waals surface area contributed by atoms with Gasteiger partial charge in [0.2, 0.25) is 11.8 Å². The first kappa shape index (κ1) is 33.6. The Morgan fingerprint density at radius 1 is 0.932 bits per heavy atom. The van der Waals surface area contributed by atoms with E-state index in [1.165, 1.54) is 17.0 Å². The molecule has 11 heteroatoms. The van der Waals surface area contributed by atoms with Crippen LogP contribution >= 0.6 is 23.2 Å². The fraction of sp³-hybridized carbons (Fsp3) is 0.394. The summed E-state index contributed by atoms with van der Waals surface area (Å²) in [7, 11) is -4.22. The third-order valence-corrected chi connectivity index (χ3v) is 10.2. The number of benzene rings is 3. The zero-order valence-electron chi connectivity index (χ0n) is 25.0. The number of nitrogens with one attached hydrogen (secondary N) is 1. The van der Waals surface area contributed by atoms with Gasteiger partial charge in [-0.05, 0) is 68.1 Å². The van der Waals surface area contributed by atoms with Crippen molar-refractivity contribution in [3.8, 4) is 5.75 Å². The fourth-order valence-electron chi connectivity index (χ4n) is 5.47. The maximum Gasteiger partial charge on any atom is 0.264 e. The monoisotopic (exact) mass is 659 g/mol. The number of amides is 2. The standard InChI is InChI=1S/C33H39Cl2N3O5S/c1-3-29(33(40)36-25-13-7-5-8-14-25)37(22-24-19-20-27(34)28(35)21-24)32(39)23-38(30-17-11-12-18-31(30)43-4-2)44(41,42)26-15-9-6-10-16-26/h6,9-12,15-21,25,29H,3-5,7-8,13-14,22-23H2,1-2H3,(H,36,40). The summed E-state index contributed by atoms with van der Waals surface area (Å²) in [5, 5.41) is 3.83. The molecule has 0 spiro atoms. The van der Waals surface area contributed by atoms with Crippen molar-refractivity contribution < 1.29 is 22.7 Å². The number of carbonyl (C=O) groups is 2. The van der Waals surface area contributed by atoms with Crippen molar-refractivity contribution in [3.63, 3.8) is 0 Å². The lowest BCUT2D eigenvalue weighted by atomic mass is 9.95. The van der Waals surface area contributed by atoms with E-state index in [1.54, 1.807) is 67.6 Å². The third kappa shape index (κ3) is 8.25. The highest BCUT2D eigenvalue weighted by atomic mass is 35.5. The van der Waals surface area contributed by atoms with Crippen LogP contribution in [0.15, 0.2) is 77.7 Å². The van der Waals surface area contributed by atoms with Crippen molar-refractivity contribution in [1.29, 1.82) is 0 Å². The average molecular weight is 661 g/mol. The Hall–Kier alpha value is -3.27. The maximum atomic E-state index is 14.4. The molecule has 4 rings (SSSR count). The van der Waals surface area contributed by atoms with Crippen LogP contribution in [-0.2, 0) is 26.2 Å². The predicted molar refractivity (Wildman–Crippen MR) is 175 cm³/mol. The van der Waals surface area contributed by atoms with Gasteiger partial charge in [0.25, 0.3) is 10.0 Å². The molecular weight excluding hydrogens is 621 g/mol. The molecule has 8 nitrogen and oxygen atoms in total. The van der Waals surface area contributed by atoms with Gasteiger partial charge in [-0.15, -0.1) is 0 Å². The second kappa shape index (κ2) is 15.6. The van der Waals surface area contributed by atoms with Gasteiger partial charge in [-0.25, -0.2) is 8.42 Å². The smallest absolute Gasteiger partial charge is 0.264 e. The molecule has 0 aliphatic heterocycles. The molecule has 236 valence electrons. The lowest BCUT2D eigenvalue weighted by Gasteiger charge is -2.34. The highest BCUT2D eigenvalue weighted by Crippen LogP contribution is 2.33. The van der Waals surface area contributed by atoms with E-state index < -0.39 is 28.5 Å². The van der Waals surface area contributed by atoms with E-state index in [1.807, 2.05) is 6.92 Å². The van der Waals surface area contributed by atoms with E-state index in [-0.39, 0.29) is 29.1 Å². The van der Waals surface area contributed by atoms with Crippen LogP contribution in [0.4, 0.5) is 5.69 Å². The van der Waals surface area contributed by atoms with E-state index in [9.17, 15) is 18.0 Å². The summed E-state index contributed by atoms with van der Waals surface area (Å²) in [6.45, 7) is 3.40. The molecule has 1 aliphatic rings. The summed E-state index contributed by atoms with van der Waals surface area (Å²) >= 11 is 12.5. The minimum atomic E-state index is -4.22. The van der Waals surface area contributed by atoms with E-state index in [0.717, 1.165) is 36.4 Å². The molecular formula is C33H39Cl2N3O5S. The number of para-hydroxylation sites is 2. The Bertz CT molecular complexity index is 1530. The van der Waals surface area contributed by atoms with Gasteiger partial charge in [0.05, 0.1) is 27.2 Å². The van der Waals surface area contributed by atoms with E-state index in [4.69, 9.17) is 27.9 Å². The molecule has 1 fully saturated rings. The second-order valence-electron chi connectivity index (χ2n) is 10.8. The van der Waals surface area contributed by atoms with Crippen LogP contribution < -0.4 is 14.4 Å². The van der Waals surface area contributed by atoms with Crippen molar-refractivity contribution in [2.45, 2.75) is 75.9 Å². The Balaban J connectivity index is 1.75. The first-order valence-corrected chi connectivity index (χ1v) is 17.2. The molecule has 1 aliphatic carbocycles. The van der Waals surface area contributed by atoms with Gasteiger partial charge in [-0.2, -0.15) is 0 Å². The van der Waals surface area contributed by atoms with E-state index in [0.29, 0.717) is 34.4 Å². The summed E-state index contributed by atoms with van der Waals surface area (Å²) in [6.07, 6.45) is 5.33. The van der Waals surface area contributed by atoms with Crippen molar-refractivity contribution in [2.75, 3.05) is 17.5 Å². The topological polar surface area (TPSA) is 96.0 Å². The molecule has 1 unspecified atom stereocenters. The summed E-state index contributed by atoms with van der Waals surface area (Å²) < 4.78 is 35.1. The molecule has 0 heterocycles. The summed E-state index contributed by atoms with van der Waals surface area (Å²) in [4.78, 5) is 29.5. The summed E-state index contributed by atoms with van der Waals surface area (Å²) in [6, 6.07) is 18.9. The quantitative estimate of drug-likeness (QED) is 0.217. The van der Waals surface area contributed by atoms with Crippen molar-refractivity contribution in [1.82, 2.24) is 10.2 Å². The molecule has 1 N–H and O–H groups in total. The van der Waals surface area contributed by atoms with Crippen molar-refractivity contribution in [2.24, 2.45) is 0 Å². The molecule has 44 heavy (non-hydrogen) atoms. The number of carbonyl (C=O) groups excluding carboxylic acids is 2. The lowest BCUT2D eigenvalue weighted by molar-refractivity contribution is -0.140. The van der Waals surface area contributed by atoms with Gasteiger partial charge < -0.3 is 15.0 Å². The van der Waals surface area contributed by atoms with E-state index >= 15 is 0 Å². The minimum absolute atomic E-state index is 0.0252. The van der Waals surface area contributed by atoms with Crippen LogP contribution in [0, 0.1) is 0 Å². The number of anilines is 1. The highest BCUT2D eigenvalue weighted by molar-refractivity contribution is 7.92. The Labute approximate surface area is 270 Å². The number of nitrogens with zero attached hydrogens (tertiary/aromatic N) is 2. The second-order valence-corrected chi connectivity index (χ2v) is 13.4. The Morgan fingerprint density at radius 3 is 2.27 bits per heavy atom. The number of hydrogen-bond donors (Lipinski definition) is 1. The van der Waals surface area contributed by atoms with Crippen LogP contribution in [-0.4, -0.2) is 50.4 Å². The number of ether oxygens (including phenoxy) is 1. The summed E-state index contributed by atoms with van der Waals surface area (Å²) in [5.74, 6) is -0.493. The molecule has 3 aromatic carbocycles. The van der Waals surface area contributed by atoms with Crippen LogP contribution in [0.5, 0.6) is 5.75 Å². The number of sulfonamides is 1. The summed E-state index contributed by atoms with van der Waals surface area (Å²) in [5.41, 5.74) is 0.879. The van der Waals surface area contributed by atoms with Gasteiger partial charge in [0, 0.05) is 12.6 Å². The largest absolute Gasteiger partial charge is 0.492 e. The highest BCUT2D eigenvalue weighted by Gasteiger charge is 2.35. The van der Waals surface area contributed by atoms with Gasteiger partial charge in [-0.1, -0.05) is 85.8 Å². The fourth-order valence-corrected chi connectivity index (χ4v) is 7.24. The molecule has 3 aromatic rings. The SMILES string of the molecule is CCOc1ccccc1N(CC(=O)N(Cc1ccc(Cl)c(Cl)c1)C(CC)C(=O)NC1CCCCC1)S(=O)(=O)c1ccccc1. The molecule has 1 saturated carbocycles. The molecule has 0 saturated heterocycles. The number of hydrogen-bond acceptors (Lipinski definition) is 5. The van der Waals surface area contributed by atoms with Gasteiger partial charge in [-0.3, -0.25) is 13.9 Å². The van der Waals surface area contributed by atoms with Gasteiger partial charge in [0.15, 0.2) is 0 Å². The normalized spacial score (nSPS) is 14.5. The molecule has 0 aromatic heterocycles. The zero-order chi connectivity index (χ0) is 31.7. The Morgan fingerprint density at radius 2 is 1.61 bits per heavy atom. The number of halogens is 2.